The lowest BCUT2D eigenvalue weighted by Crippen LogP contribution is -2.40. The normalized spacial score (nSPS) is 15.5. The highest BCUT2D eigenvalue weighted by Gasteiger charge is 2.43. The predicted molar refractivity (Wildman–Crippen MR) is 114 cm³/mol. The Kier molecular flexibility index (Phi) is 5.03. The number of anilines is 1. The van der Waals surface area contributed by atoms with Crippen LogP contribution >= 0.6 is 0 Å². The molecule has 0 bridgehead atoms. The molecular formula is C23H23N3O4. The second kappa shape index (κ2) is 7.67. The van der Waals surface area contributed by atoms with E-state index < -0.39 is 11.6 Å². The molecule has 0 aliphatic carbocycles. The lowest BCUT2D eigenvalue weighted by atomic mass is 10.1. The molecule has 1 aliphatic heterocycles. The first-order chi connectivity index (χ1) is 14.3. The number of hydrogen-bond acceptors (Lipinski definition) is 4. The molecule has 1 fully saturated rings. The van der Waals surface area contributed by atoms with Crippen LogP contribution in [0.5, 0.6) is 0 Å². The third kappa shape index (κ3) is 3.91. The van der Waals surface area contributed by atoms with Gasteiger partial charge in [-0.2, -0.15) is 0 Å². The zero-order valence-electron chi connectivity index (χ0n) is 16.9. The Bertz CT molecular complexity index is 1080. The highest BCUT2D eigenvalue weighted by atomic mass is 16.3. The molecule has 1 aliphatic rings. The molecule has 30 heavy (non-hydrogen) atoms. The number of imide groups is 1. The van der Waals surface area contributed by atoms with Crippen LogP contribution in [0.3, 0.4) is 0 Å². The van der Waals surface area contributed by atoms with E-state index in [1.54, 1.807) is 13.8 Å². The minimum atomic E-state index is -0.888. The lowest BCUT2D eigenvalue weighted by Gasteiger charge is -2.15. The topological polar surface area (TPSA) is 91.7 Å². The number of hydrogen-bond donors (Lipinski definition) is 2. The lowest BCUT2D eigenvalue weighted by molar-refractivity contribution is -0.130. The molecule has 0 unspecified atom stereocenters. The van der Waals surface area contributed by atoms with Gasteiger partial charge in [0, 0.05) is 29.6 Å². The van der Waals surface area contributed by atoms with Gasteiger partial charge in [0.25, 0.3) is 5.91 Å². The number of benzene rings is 2. The molecule has 1 saturated heterocycles. The number of nitrogens with zero attached hydrogens (tertiary/aromatic N) is 1. The average Bonchev–Trinajstić information content (AvgIpc) is 3.22. The molecular weight excluding hydrogens is 382 g/mol. The summed E-state index contributed by atoms with van der Waals surface area (Å²) in [5.41, 5.74) is 1.54. The SMILES string of the molecule is CC1(C)NC(=O)N(CCCC(=O)Nc2ccc(-c3cc4ccccc4o3)cc2)C1=O. The van der Waals surface area contributed by atoms with Crippen molar-refractivity contribution in [3.8, 4) is 11.3 Å². The first-order valence-corrected chi connectivity index (χ1v) is 9.86. The van der Waals surface area contributed by atoms with E-state index in [2.05, 4.69) is 10.6 Å². The molecule has 3 aromatic rings. The molecule has 0 spiro atoms. The smallest absolute Gasteiger partial charge is 0.325 e. The Balaban J connectivity index is 1.31. The molecule has 154 valence electrons. The number of urea groups is 1. The van der Waals surface area contributed by atoms with Gasteiger partial charge in [-0.15, -0.1) is 0 Å². The molecule has 0 atom stereocenters. The van der Waals surface area contributed by atoms with Gasteiger partial charge < -0.3 is 15.1 Å². The summed E-state index contributed by atoms with van der Waals surface area (Å²) in [6.45, 7) is 3.54. The van der Waals surface area contributed by atoms with Gasteiger partial charge in [-0.25, -0.2) is 4.79 Å². The van der Waals surface area contributed by atoms with Crippen molar-refractivity contribution in [2.75, 3.05) is 11.9 Å². The van der Waals surface area contributed by atoms with Crippen molar-refractivity contribution in [1.82, 2.24) is 10.2 Å². The number of fused-ring (bicyclic) bond motifs is 1. The van der Waals surface area contributed by atoms with E-state index in [1.807, 2.05) is 54.6 Å². The molecule has 2 N–H and O–H groups in total. The van der Waals surface area contributed by atoms with Gasteiger partial charge >= 0.3 is 6.03 Å². The van der Waals surface area contributed by atoms with Crippen molar-refractivity contribution in [3.63, 3.8) is 0 Å². The fourth-order valence-corrected chi connectivity index (χ4v) is 3.48. The van der Waals surface area contributed by atoms with Crippen LogP contribution in [0.2, 0.25) is 0 Å². The Morgan fingerprint density at radius 2 is 1.83 bits per heavy atom. The van der Waals surface area contributed by atoms with Crippen LogP contribution in [0.1, 0.15) is 26.7 Å². The minimum Gasteiger partial charge on any atom is -0.456 e. The molecule has 0 radical (unpaired) electrons. The van der Waals surface area contributed by atoms with Crippen LogP contribution in [0.15, 0.2) is 59.0 Å². The van der Waals surface area contributed by atoms with Gasteiger partial charge in [-0.1, -0.05) is 18.2 Å². The van der Waals surface area contributed by atoms with E-state index in [-0.39, 0.29) is 24.8 Å². The Morgan fingerprint density at radius 3 is 2.50 bits per heavy atom. The number of rotatable bonds is 6. The molecule has 7 nitrogen and oxygen atoms in total. The van der Waals surface area contributed by atoms with Gasteiger partial charge in [-0.05, 0) is 56.7 Å². The molecule has 4 amide bonds. The Hall–Kier alpha value is -3.61. The second-order valence-electron chi connectivity index (χ2n) is 7.89. The van der Waals surface area contributed by atoms with E-state index in [0.29, 0.717) is 12.1 Å². The summed E-state index contributed by atoms with van der Waals surface area (Å²) >= 11 is 0. The summed E-state index contributed by atoms with van der Waals surface area (Å²) in [4.78, 5) is 37.4. The largest absolute Gasteiger partial charge is 0.456 e. The summed E-state index contributed by atoms with van der Waals surface area (Å²) in [6, 6.07) is 16.8. The average molecular weight is 405 g/mol. The molecule has 7 heteroatoms. The van der Waals surface area contributed by atoms with Gasteiger partial charge in [-0.3, -0.25) is 14.5 Å². The fourth-order valence-electron chi connectivity index (χ4n) is 3.48. The Morgan fingerprint density at radius 1 is 1.10 bits per heavy atom. The van der Waals surface area contributed by atoms with Crippen molar-refractivity contribution >= 4 is 34.5 Å². The van der Waals surface area contributed by atoms with E-state index in [1.165, 1.54) is 0 Å². The van der Waals surface area contributed by atoms with Crippen LogP contribution in [0.4, 0.5) is 10.5 Å². The van der Waals surface area contributed by atoms with E-state index in [9.17, 15) is 14.4 Å². The summed E-state index contributed by atoms with van der Waals surface area (Å²) in [7, 11) is 0. The highest BCUT2D eigenvalue weighted by molar-refractivity contribution is 6.06. The monoisotopic (exact) mass is 405 g/mol. The van der Waals surface area contributed by atoms with Crippen LogP contribution in [0, 0.1) is 0 Å². The number of furan rings is 1. The quantitative estimate of drug-likeness (QED) is 0.603. The van der Waals surface area contributed by atoms with Crippen molar-refractivity contribution in [2.45, 2.75) is 32.2 Å². The number of amides is 4. The van der Waals surface area contributed by atoms with Crippen molar-refractivity contribution < 1.29 is 18.8 Å². The molecule has 1 aromatic heterocycles. The fraction of sp³-hybridized carbons (Fsp3) is 0.261. The minimum absolute atomic E-state index is 0.169. The van der Waals surface area contributed by atoms with Gasteiger partial charge in [0.15, 0.2) is 0 Å². The maximum Gasteiger partial charge on any atom is 0.325 e. The van der Waals surface area contributed by atoms with Crippen LogP contribution in [-0.4, -0.2) is 34.8 Å². The van der Waals surface area contributed by atoms with Crippen LogP contribution < -0.4 is 10.6 Å². The number of carbonyl (C=O) groups excluding carboxylic acids is 3. The number of nitrogens with one attached hydrogen (secondary N) is 2. The van der Waals surface area contributed by atoms with Crippen molar-refractivity contribution in [3.05, 3.63) is 54.6 Å². The summed E-state index contributed by atoms with van der Waals surface area (Å²) in [6.07, 6.45) is 0.612. The Labute approximate surface area is 174 Å². The van der Waals surface area contributed by atoms with Crippen LogP contribution in [-0.2, 0) is 9.59 Å². The molecule has 0 saturated carbocycles. The first-order valence-electron chi connectivity index (χ1n) is 9.86. The zero-order chi connectivity index (χ0) is 21.3. The standard InChI is InChI=1S/C23H23N3O4/c1-23(2)21(28)26(22(29)25-23)13-5-8-20(27)24-17-11-9-15(10-12-17)19-14-16-6-3-4-7-18(16)30-19/h3-4,6-7,9-12,14H,5,8,13H2,1-2H3,(H,24,27)(H,25,29). The summed E-state index contributed by atoms with van der Waals surface area (Å²) in [5, 5.41) is 6.51. The van der Waals surface area contributed by atoms with E-state index in [4.69, 9.17) is 4.42 Å². The van der Waals surface area contributed by atoms with Gasteiger partial charge in [0.1, 0.15) is 16.9 Å². The van der Waals surface area contributed by atoms with Crippen molar-refractivity contribution in [1.29, 1.82) is 0 Å². The van der Waals surface area contributed by atoms with Gasteiger partial charge in [0.05, 0.1) is 0 Å². The molecule has 2 aromatic carbocycles. The highest BCUT2D eigenvalue weighted by Crippen LogP contribution is 2.28. The first kappa shape index (κ1) is 19.7. The third-order valence-electron chi connectivity index (χ3n) is 5.11. The van der Waals surface area contributed by atoms with Crippen molar-refractivity contribution in [2.24, 2.45) is 0 Å². The maximum absolute atomic E-state index is 12.2. The van der Waals surface area contributed by atoms with E-state index >= 15 is 0 Å². The molecule has 4 rings (SSSR count). The summed E-state index contributed by atoms with van der Waals surface area (Å²) < 4.78 is 5.86. The van der Waals surface area contributed by atoms with E-state index in [0.717, 1.165) is 27.2 Å². The van der Waals surface area contributed by atoms with Crippen LogP contribution in [0.25, 0.3) is 22.3 Å². The summed E-state index contributed by atoms with van der Waals surface area (Å²) in [5.74, 6) is 0.331. The zero-order valence-corrected chi connectivity index (χ0v) is 16.9. The second-order valence-corrected chi connectivity index (χ2v) is 7.89. The number of para-hydroxylation sites is 1. The third-order valence-corrected chi connectivity index (χ3v) is 5.11. The number of carbonyl (C=O) groups is 3. The van der Waals surface area contributed by atoms with Gasteiger partial charge in [0.2, 0.25) is 5.91 Å². The maximum atomic E-state index is 12.2. The predicted octanol–water partition coefficient (Wildman–Crippen LogP) is 4.15. The molecule has 2 heterocycles.